The predicted octanol–water partition coefficient (Wildman–Crippen LogP) is 5.40. The van der Waals surface area contributed by atoms with E-state index in [1.165, 1.54) is 35.2 Å². The normalized spacial score (nSPS) is 18.7. The summed E-state index contributed by atoms with van der Waals surface area (Å²) in [5, 5.41) is 6.38. The summed E-state index contributed by atoms with van der Waals surface area (Å²) in [6, 6.07) is 4.48. The molecule has 14 heteroatoms. The monoisotopic (exact) mass is 529 g/mol. The van der Waals surface area contributed by atoms with Crippen LogP contribution in [0.4, 0.5) is 27.6 Å². The minimum atomic E-state index is -4.64. The van der Waals surface area contributed by atoms with Gasteiger partial charge in [-0.05, 0) is 31.0 Å². The smallest absolute Gasteiger partial charge is 0.417 e. The average molecular weight is 529 g/mol. The van der Waals surface area contributed by atoms with Crippen LogP contribution in [0.3, 0.4) is 0 Å². The number of carbonyl (C=O) groups is 1. The number of fused-ring (bicyclic) bond motifs is 4. The second kappa shape index (κ2) is 10.3. The van der Waals surface area contributed by atoms with Gasteiger partial charge in [0.25, 0.3) is 5.56 Å². The van der Waals surface area contributed by atoms with E-state index in [0.717, 1.165) is 12.3 Å². The Kier molecular flexibility index (Phi) is 7.33. The van der Waals surface area contributed by atoms with E-state index in [-0.39, 0.29) is 23.0 Å². The maximum absolute atomic E-state index is 13.7. The van der Waals surface area contributed by atoms with Crippen LogP contribution < -0.4 is 15.1 Å². The second-order valence-corrected chi connectivity index (χ2v) is 8.95. The third kappa shape index (κ3) is 5.69. The fourth-order valence-corrected chi connectivity index (χ4v) is 4.27. The highest BCUT2D eigenvalue weighted by Crippen LogP contribution is 2.35. The highest BCUT2D eigenvalue weighted by atomic mass is 32.2. The number of carbonyl (C=O) groups excluding carboxylic acids is 1. The minimum absolute atomic E-state index is 0.0196. The molecule has 0 saturated carbocycles. The van der Waals surface area contributed by atoms with Crippen molar-refractivity contribution in [3.63, 3.8) is 0 Å². The Morgan fingerprint density at radius 3 is 2.67 bits per heavy atom. The second-order valence-electron chi connectivity index (χ2n) is 8.16. The number of anilines is 1. The summed E-state index contributed by atoms with van der Waals surface area (Å²) in [6.07, 6.45) is 5.12. The predicted molar refractivity (Wildman–Crippen MR) is 121 cm³/mol. The van der Waals surface area contributed by atoms with Crippen molar-refractivity contribution in [2.75, 3.05) is 5.32 Å². The van der Waals surface area contributed by atoms with Crippen LogP contribution in [0.5, 0.6) is 5.75 Å². The van der Waals surface area contributed by atoms with Crippen molar-refractivity contribution in [1.82, 2.24) is 19.3 Å². The molecule has 1 amide bonds. The number of pyridine rings is 2. The summed E-state index contributed by atoms with van der Waals surface area (Å²) in [7, 11) is 0. The summed E-state index contributed by atoms with van der Waals surface area (Å²) in [6.45, 7) is -1.28. The quantitative estimate of drug-likeness (QED) is 0.360. The topological polar surface area (TPSA) is 91.0 Å². The van der Waals surface area contributed by atoms with Crippen molar-refractivity contribution < 1.29 is 30.9 Å². The molecule has 3 aromatic heterocycles. The average Bonchev–Trinajstić information content (AvgIpc) is 3.24. The van der Waals surface area contributed by atoms with Crippen molar-refractivity contribution in [1.29, 1.82) is 0 Å². The van der Waals surface area contributed by atoms with E-state index in [0.29, 0.717) is 35.2 Å². The number of halogens is 5. The maximum Gasteiger partial charge on any atom is 0.479 e. The zero-order valence-corrected chi connectivity index (χ0v) is 19.5. The fourth-order valence-electron chi connectivity index (χ4n) is 3.98. The summed E-state index contributed by atoms with van der Waals surface area (Å²) in [4.78, 5) is 29.9. The molecule has 8 nitrogen and oxygen atoms in total. The fraction of sp³-hybridized carbons (Fsp3) is 0.364. The molecule has 3 aromatic rings. The number of hydrogen-bond donors (Lipinski definition) is 1. The van der Waals surface area contributed by atoms with E-state index in [4.69, 9.17) is 0 Å². The molecule has 4 heterocycles. The summed E-state index contributed by atoms with van der Waals surface area (Å²) in [5.74, 6) is -1.10. The first-order valence-corrected chi connectivity index (χ1v) is 11.5. The molecule has 1 N–H and O–H groups in total. The van der Waals surface area contributed by atoms with Crippen LogP contribution >= 0.6 is 12.0 Å². The summed E-state index contributed by atoms with van der Waals surface area (Å²) < 4.78 is 71.0. The van der Waals surface area contributed by atoms with E-state index in [2.05, 4.69) is 19.6 Å². The molecule has 192 valence electrons. The third-order valence-electron chi connectivity index (χ3n) is 5.68. The van der Waals surface area contributed by atoms with Crippen molar-refractivity contribution >= 4 is 23.6 Å². The van der Waals surface area contributed by atoms with Gasteiger partial charge in [-0.2, -0.15) is 27.1 Å². The van der Waals surface area contributed by atoms with E-state index in [1.54, 1.807) is 6.92 Å². The summed E-state index contributed by atoms with van der Waals surface area (Å²) >= 11 is -0.733. The van der Waals surface area contributed by atoms with Gasteiger partial charge in [-0.15, -0.1) is 0 Å². The summed E-state index contributed by atoms with van der Waals surface area (Å²) in [5.41, 5.74) is -4.51. The molecule has 1 aliphatic heterocycles. The van der Waals surface area contributed by atoms with Crippen LogP contribution in [-0.2, 0) is 4.79 Å². The number of hydrogen-bond acceptors (Lipinski definition) is 6. The number of aromatic nitrogens is 4. The van der Waals surface area contributed by atoms with Gasteiger partial charge >= 0.3 is 12.1 Å². The van der Waals surface area contributed by atoms with Crippen molar-refractivity contribution in [2.45, 2.75) is 44.3 Å². The lowest BCUT2D eigenvalue weighted by Crippen LogP contribution is -2.26. The third-order valence-corrected chi connectivity index (χ3v) is 6.15. The Balaban J connectivity index is 1.78. The van der Waals surface area contributed by atoms with Gasteiger partial charge in [0, 0.05) is 29.9 Å². The van der Waals surface area contributed by atoms with Gasteiger partial charge < -0.3 is 14.1 Å². The zero-order valence-electron chi connectivity index (χ0n) is 18.7. The Labute approximate surface area is 205 Å². The Morgan fingerprint density at radius 2 is 1.97 bits per heavy atom. The van der Waals surface area contributed by atoms with Crippen LogP contribution in [0.15, 0.2) is 47.7 Å². The van der Waals surface area contributed by atoms with Crippen molar-refractivity contribution in [2.24, 2.45) is 5.92 Å². The van der Waals surface area contributed by atoms with Crippen LogP contribution in [0.25, 0.3) is 11.3 Å². The van der Waals surface area contributed by atoms with Crippen LogP contribution in [0.1, 0.15) is 44.5 Å². The van der Waals surface area contributed by atoms with E-state index >= 15 is 0 Å². The van der Waals surface area contributed by atoms with Gasteiger partial charge in [-0.25, -0.2) is 4.68 Å². The van der Waals surface area contributed by atoms with Crippen LogP contribution in [0.2, 0.25) is 0 Å². The SMILES string of the molecule is CC1CCCC(n2ccc(OSC(F)(F)F)cc2=O)c2cc(ccn2)-c2c(cnn2C(F)F)NC1=O. The standard InChI is InChI=1S/C22H20F5N5O3S/c1-12-3-2-4-17(31-8-6-14(10-18(31)33)35-36-22(25,26)27)15-9-13(5-7-28-15)19-16(30-20(12)34)11-29-32(19)21(23)24/h5-12,17,21H,2-4H2,1H3,(H,30,34). The number of rotatable bonds is 4. The molecular weight excluding hydrogens is 509 g/mol. The Bertz CT molecular complexity index is 1310. The zero-order chi connectivity index (χ0) is 26.0. The Hall–Kier alpha value is -3.42. The molecular formula is C22H20F5N5O3S. The molecule has 2 unspecified atom stereocenters. The minimum Gasteiger partial charge on any atom is -0.417 e. The molecule has 36 heavy (non-hydrogen) atoms. The van der Waals surface area contributed by atoms with Gasteiger partial charge in [-0.1, -0.05) is 13.3 Å². The van der Waals surface area contributed by atoms with Gasteiger partial charge in [0.2, 0.25) is 5.91 Å². The van der Waals surface area contributed by atoms with E-state index < -0.39 is 41.6 Å². The Morgan fingerprint density at radius 1 is 1.19 bits per heavy atom. The lowest BCUT2D eigenvalue weighted by Gasteiger charge is -2.22. The van der Waals surface area contributed by atoms with E-state index in [1.807, 2.05) is 0 Å². The molecule has 0 radical (unpaired) electrons. The van der Waals surface area contributed by atoms with Gasteiger partial charge in [0.1, 0.15) is 5.75 Å². The maximum atomic E-state index is 13.7. The number of nitrogens with one attached hydrogen (secondary N) is 1. The van der Waals surface area contributed by atoms with Crippen LogP contribution in [-0.4, -0.2) is 30.7 Å². The lowest BCUT2D eigenvalue weighted by atomic mass is 9.97. The molecule has 2 atom stereocenters. The molecule has 0 fully saturated rings. The molecule has 0 saturated heterocycles. The number of nitrogens with zero attached hydrogens (tertiary/aromatic N) is 4. The molecule has 2 bridgehead atoms. The highest BCUT2D eigenvalue weighted by molar-refractivity contribution is 7.95. The molecule has 0 aliphatic carbocycles. The number of alkyl halides is 5. The first-order chi connectivity index (χ1) is 17.0. The van der Waals surface area contributed by atoms with Gasteiger partial charge in [0.05, 0.1) is 29.3 Å². The number of amides is 1. The lowest BCUT2D eigenvalue weighted by molar-refractivity contribution is -0.119. The van der Waals surface area contributed by atoms with Gasteiger partial charge in [-0.3, -0.25) is 14.6 Å². The highest BCUT2D eigenvalue weighted by Gasteiger charge is 2.32. The molecule has 1 aliphatic rings. The van der Waals surface area contributed by atoms with E-state index in [9.17, 15) is 31.5 Å². The van der Waals surface area contributed by atoms with Crippen molar-refractivity contribution in [3.05, 3.63) is 58.9 Å². The van der Waals surface area contributed by atoms with Crippen molar-refractivity contribution in [3.8, 4) is 17.0 Å². The molecule has 4 rings (SSSR count). The van der Waals surface area contributed by atoms with Crippen LogP contribution in [0, 0.1) is 5.92 Å². The van der Waals surface area contributed by atoms with Gasteiger partial charge in [0.15, 0.2) is 12.0 Å². The largest absolute Gasteiger partial charge is 0.479 e. The first kappa shape index (κ1) is 25.7. The molecule has 0 aromatic carbocycles. The first-order valence-electron chi connectivity index (χ1n) is 10.8. The molecule has 0 spiro atoms.